The lowest BCUT2D eigenvalue weighted by atomic mass is 10.4. The quantitative estimate of drug-likeness (QED) is 0.725. The Labute approximate surface area is 72.0 Å². The minimum atomic E-state index is -2.61. The zero-order valence-corrected chi connectivity index (χ0v) is 6.48. The highest BCUT2D eigenvalue weighted by molar-refractivity contribution is 5.46. The SMILES string of the molecule is Nc1cc(C(F)F)nc2ccnn12. The van der Waals surface area contributed by atoms with Gasteiger partial charge >= 0.3 is 0 Å². The molecular formula is C7H6F2N4. The van der Waals surface area contributed by atoms with Crippen LogP contribution in [0.3, 0.4) is 0 Å². The van der Waals surface area contributed by atoms with Gasteiger partial charge in [-0.3, -0.25) is 0 Å². The number of hydrogen-bond donors (Lipinski definition) is 1. The Balaban J connectivity index is 2.70. The van der Waals surface area contributed by atoms with Gasteiger partial charge in [-0.05, 0) is 0 Å². The van der Waals surface area contributed by atoms with Crippen molar-refractivity contribution in [2.75, 3.05) is 5.73 Å². The van der Waals surface area contributed by atoms with Gasteiger partial charge in [0.2, 0.25) is 0 Å². The summed E-state index contributed by atoms with van der Waals surface area (Å²) in [5, 5.41) is 3.80. The van der Waals surface area contributed by atoms with Crippen molar-refractivity contribution in [1.82, 2.24) is 14.6 Å². The minimum Gasteiger partial charge on any atom is -0.384 e. The van der Waals surface area contributed by atoms with E-state index in [0.29, 0.717) is 5.65 Å². The highest BCUT2D eigenvalue weighted by Crippen LogP contribution is 2.19. The number of fused-ring (bicyclic) bond motifs is 1. The number of halogens is 2. The van der Waals surface area contributed by atoms with Crippen molar-refractivity contribution in [3.05, 3.63) is 24.0 Å². The lowest BCUT2D eigenvalue weighted by molar-refractivity contribution is 0.146. The van der Waals surface area contributed by atoms with Gasteiger partial charge in [-0.25, -0.2) is 13.8 Å². The fourth-order valence-corrected chi connectivity index (χ4v) is 1.07. The Bertz CT molecular complexity index is 437. The van der Waals surface area contributed by atoms with E-state index in [1.807, 2.05) is 0 Å². The van der Waals surface area contributed by atoms with E-state index >= 15 is 0 Å². The molecule has 0 aliphatic carbocycles. The van der Waals surface area contributed by atoms with Crippen molar-refractivity contribution in [3.63, 3.8) is 0 Å². The standard InChI is InChI=1S/C7H6F2N4/c8-7(9)4-3-5(10)13-6(12-4)1-2-11-13/h1-3,7H,10H2. The highest BCUT2D eigenvalue weighted by atomic mass is 19.3. The lowest BCUT2D eigenvalue weighted by Crippen LogP contribution is -2.02. The zero-order chi connectivity index (χ0) is 9.42. The molecule has 0 bridgehead atoms. The number of alkyl halides is 2. The van der Waals surface area contributed by atoms with Crippen LogP contribution in [0.4, 0.5) is 14.6 Å². The van der Waals surface area contributed by atoms with Crippen LogP contribution in [0, 0.1) is 0 Å². The van der Waals surface area contributed by atoms with Crippen LogP contribution in [0.15, 0.2) is 18.3 Å². The van der Waals surface area contributed by atoms with Crippen LogP contribution in [0.5, 0.6) is 0 Å². The van der Waals surface area contributed by atoms with Gasteiger partial charge in [0.05, 0.1) is 6.20 Å². The summed E-state index contributed by atoms with van der Waals surface area (Å²) in [5.74, 6) is 0.158. The molecular weight excluding hydrogens is 178 g/mol. The third-order valence-corrected chi connectivity index (χ3v) is 1.63. The van der Waals surface area contributed by atoms with Gasteiger partial charge < -0.3 is 5.73 Å². The molecule has 13 heavy (non-hydrogen) atoms. The predicted octanol–water partition coefficient (Wildman–Crippen LogP) is 1.25. The van der Waals surface area contributed by atoms with E-state index in [2.05, 4.69) is 10.1 Å². The maximum Gasteiger partial charge on any atom is 0.280 e. The van der Waals surface area contributed by atoms with E-state index in [9.17, 15) is 8.78 Å². The van der Waals surface area contributed by atoms with Gasteiger partial charge in [0, 0.05) is 12.1 Å². The molecule has 0 saturated heterocycles. The molecule has 0 spiro atoms. The fraction of sp³-hybridized carbons (Fsp3) is 0.143. The van der Waals surface area contributed by atoms with Gasteiger partial charge in [-0.15, -0.1) is 0 Å². The van der Waals surface area contributed by atoms with Crippen molar-refractivity contribution >= 4 is 11.5 Å². The van der Waals surface area contributed by atoms with Crippen LogP contribution in [0.25, 0.3) is 5.65 Å². The monoisotopic (exact) mass is 184 g/mol. The van der Waals surface area contributed by atoms with E-state index in [-0.39, 0.29) is 11.5 Å². The average molecular weight is 184 g/mol. The molecule has 68 valence electrons. The molecule has 0 aromatic carbocycles. The topological polar surface area (TPSA) is 56.2 Å². The van der Waals surface area contributed by atoms with E-state index in [1.54, 1.807) is 0 Å². The van der Waals surface area contributed by atoms with Gasteiger partial charge in [-0.1, -0.05) is 0 Å². The second-order valence-electron chi connectivity index (χ2n) is 2.51. The summed E-state index contributed by atoms with van der Waals surface area (Å²) < 4.78 is 25.8. The third kappa shape index (κ3) is 1.20. The number of rotatable bonds is 1. The Morgan fingerprint density at radius 2 is 2.23 bits per heavy atom. The van der Waals surface area contributed by atoms with Crippen LogP contribution >= 0.6 is 0 Å². The van der Waals surface area contributed by atoms with Crippen LogP contribution < -0.4 is 5.73 Å². The first kappa shape index (κ1) is 7.90. The Morgan fingerprint density at radius 1 is 1.46 bits per heavy atom. The van der Waals surface area contributed by atoms with Crippen LogP contribution in [0.1, 0.15) is 12.1 Å². The van der Waals surface area contributed by atoms with Crippen molar-refractivity contribution in [2.45, 2.75) is 6.43 Å². The lowest BCUT2D eigenvalue weighted by Gasteiger charge is -2.02. The van der Waals surface area contributed by atoms with Crippen LogP contribution in [-0.4, -0.2) is 14.6 Å². The summed E-state index contributed by atoms with van der Waals surface area (Å²) in [6.45, 7) is 0. The number of aromatic nitrogens is 3. The summed E-state index contributed by atoms with van der Waals surface area (Å²) in [4.78, 5) is 3.67. The maximum atomic E-state index is 12.2. The van der Waals surface area contributed by atoms with Crippen molar-refractivity contribution in [3.8, 4) is 0 Å². The Kier molecular flexibility index (Phi) is 1.61. The third-order valence-electron chi connectivity index (χ3n) is 1.63. The normalized spacial score (nSPS) is 11.3. The summed E-state index contributed by atoms with van der Waals surface area (Å²) in [6, 6.07) is 2.63. The minimum absolute atomic E-state index is 0.158. The van der Waals surface area contributed by atoms with Crippen molar-refractivity contribution in [1.29, 1.82) is 0 Å². The number of nitrogen functional groups attached to an aromatic ring is 1. The first-order chi connectivity index (χ1) is 6.18. The van der Waals surface area contributed by atoms with Gasteiger partial charge in [0.25, 0.3) is 6.43 Å². The summed E-state index contributed by atoms with van der Waals surface area (Å²) in [5.41, 5.74) is 5.47. The number of anilines is 1. The molecule has 2 rings (SSSR count). The first-order valence-electron chi connectivity index (χ1n) is 3.57. The molecule has 0 aliphatic rings. The molecule has 2 heterocycles. The molecule has 0 radical (unpaired) electrons. The predicted molar refractivity (Wildman–Crippen MR) is 42.4 cm³/mol. The molecule has 0 fully saturated rings. The van der Waals surface area contributed by atoms with E-state index in [1.165, 1.54) is 16.8 Å². The molecule has 6 heteroatoms. The summed E-state index contributed by atoms with van der Waals surface area (Å²) in [7, 11) is 0. The molecule has 2 aromatic rings. The van der Waals surface area contributed by atoms with E-state index in [0.717, 1.165) is 6.07 Å². The number of hydrogen-bond acceptors (Lipinski definition) is 3. The molecule has 0 amide bonds. The summed E-state index contributed by atoms with van der Waals surface area (Å²) >= 11 is 0. The Hall–Kier alpha value is -1.72. The fourth-order valence-electron chi connectivity index (χ4n) is 1.07. The molecule has 0 aliphatic heterocycles. The highest BCUT2D eigenvalue weighted by Gasteiger charge is 2.11. The van der Waals surface area contributed by atoms with Crippen molar-refractivity contribution < 1.29 is 8.78 Å². The maximum absolute atomic E-state index is 12.2. The van der Waals surface area contributed by atoms with Crippen LogP contribution in [0.2, 0.25) is 0 Å². The molecule has 0 unspecified atom stereocenters. The average Bonchev–Trinajstić information content (AvgIpc) is 2.51. The first-order valence-corrected chi connectivity index (χ1v) is 3.57. The number of nitrogens with two attached hydrogens (primary N) is 1. The molecule has 4 nitrogen and oxygen atoms in total. The van der Waals surface area contributed by atoms with Crippen molar-refractivity contribution in [2.24, 2.45) is 0 Å². The number of nitrogens with zero attached hydrogens (tertiary/aromatic N) is 3. The second kappa shape index (κ2) is 2.65. The summed E-state index contributed by atoms with van der Waals surface area (Å²) in [6.07, 6.45) is -1.16. The largest absolute Gasteiger partial charge is 0.384 e. The van der Waals surface area contributed by atoms with Gasteiger partial charge in [-0.2, -0.15) is 9.61 Å². The second-order valence-corrected chi connectivity index (χ2v) is 2.51. The van der Waals surface area contributed by atoms with E-state index < -0.39 is 6.43 Å². The van der Waals surface area contributed by atoms with E-state index in [4.69, 9.17) is 5.73 Å². The molecule has 2 N–H and O–H groups in total. The van der Waals surface area contributed by atoms with Crippen LogP contribution in [-0.2, 0) is 0 Å². The molecule has 0 saturated carbocycles. The smallest absolute Gasteiger partial charge is 0.280 e. The van der Waals surface area contributed by atoms with Gasteiger partial charge in [0.15, 0.2) is 5.65 Å². The molecule has 0 atom stereocenters. The molecule has 2 aromatic heterocycles. The Morgan fingerprint density at radius 3 is 2.92 bits per heavy atom. The zero-order valence-electron chi connectivity index (χ0n) is 6.48. The van der Waals surface area contributed by atoms with Gasteiger partial charge in [0.1, 0.15) is 11.5 Å².